The molecule has 2 amide bonds. The average molecular weight is 1140 g/mol. The number of esters is 2. The number of nitrogens with zero attached hydrogens (tertiary/aromatic N) is 1. The number of methoxy groups -OCH3 is 2. The Kier molecular flexibility index (Phi) is 62.3. The first-order valence-electron chi connectivity index (χ1n) is 34.3. The molecule has 0 saturated carbocycles. The highest BCUT2D eigenvalue weighted by molar-refractivity contribution is 8.76. The van der Waals surface area contributed by atoms with Crippen LogP contribution in [0.25, 0.3) is 0 Å². The van der Waals surface area contributed by atoms with Crippen molar-refractivity contribution in [3.05, 3.63) is 0 Å². The topological polar surface area (TPSA) is 116 Å². The summed E-state index contributed by atoms with van der Waals surface area (Å²) < 4.78 is 9.89. The summed E-state index contributed by atoms with van der Waals surface area (Å²) in [7, 11) is 5.25. The molecule has 0 aliphatic carbocycles. The Balaban J connectivity index is 4.25. The molecule has 0 heterocycles. The van der Waals surface area contributed by atoms with Gasteiger partial charge in [-0.05, 0) is 12.8 Å². The van der Waals surface area contributed by atoms with Gasteiger partial charge in [-0.2, -0.15) is 0 Å². The van der Waals surface area contributed by atoms with Crippen molar-refractivity contribution in [1.82, 2.24) is 4.90 Å². The van der Waals surface area contributed by atoms with Crippen LogP contribution in [-0.2, 0) is 28.7 Å². The molecule has 0 bridgehead atoms. The van der Waals surface area contributed by atoms with Crippen molar-refractivity contribution >= 4 is 45.3 Å². The van der Waals surface area contributed by atoms with Crippen molar-refractivity contribution in [1.29, 1.82) is 0 Å². The molecule has 0 aromatic rings. The normalized spacial score (nSPS) is 12.3. The van der Waals surface area contributed by atoms with Gasteiger partial charge in [0.2, 0.25) is 11.8 Å². The summed E-state index contributed by atoms with van der Waals surface area (Å²) in [5, 5.41) is 0. The third-order valence-corrected chi connectivity index (χ3v) is 18.8. The van der Waals surface area contributed by atoms with Crippen LogP contribution in [0.1, 0.15) is 373 Å². The molecule has 10 heteroatoms. The lowest BCUT2D eigenvalue weighted by molar-refractivity contribution is -0.158. The van der Waals surface area contributed by atoms with Gasteiger partial charge in [-0.25, -0.2) is 4.79 Å². The summed E-state index contributed by atoms with van der Waals surface area (Å²) in [6.45, 7) is 4.59. The van der Waals surface area contributed by atoms with Crippen molar-refractivity contribution < 1.29 is 28.7 Å². The van der Waals surface area contributed by atoms with Gasteiger partial charge in [0.25, 0.3) is 0 Å². The second-order valence-electron chi connectivity index (χ2n) is 23.8. The molecule has 1 unspecified atom stereocenters. The largest absolute Gasteiger partial charge is 0.468 e. The van der Waals surface area contributed by atoms with E-state index in [4.69, 9.17) is 15.2 Å². The van der Waals surface area contributed by atoms with Crippen molar-refractivity contribution in [3.8, 4) is 0 Å². The zero-order valence-electron chi connectivity index (χ0n) is 52.5. The Morgan fingerprint density at radius 1 is 0.308 bits per heavy atom. The Morgan fingerprint density at radius 3 is 0.705 bits per heavy atom. The quantitative estimate of drug-likeness (QED) is 0.0361. The number of carbonyl (C=O) groups excluding carboxylic acids is 4. The van der Waals surface area contributed by atoms with Crippen molar-refractivity contribution in [2.45, 2.75) is 385 Å². The number of unbranched alkanes of at least 4 members (excludes halogenated alkanes) is 52. The zero-order chi connectivity index (χ0) is 56.9. The fourth-order valence-corrected chi connectivity index (χ4v) is 13.4. The van der Waals surface area contributed by atoms with Gasteiger partial charge in [-0.15, -0.1) is 0 Å². The van der Waals surface area contributed by atoms with Gasteiger partial charge in [-0.3, -0.25) is 19.3 Å². The van der Waals surface area contributed by atoms with Crippen LogP contribution in [0.4, 0.5) is 0 Å². The number of imide groups is 1. The maximum Gasteiger partial charge on any atom is 0.329 e. The molecular formula is C68H132N2O6S2. The highest BCUT2D eigenvalue weighted by atomic mass is 33.1. The van der Waals surface area contributed by atoms with E-state index in [1.807, 2.05) is 0 Å². The minimum atomic E-state index is -1.02. The fraction of sp³-hybridized carbons (Fsp3) is 0.941. The number of amides is 2. The van der Waals surface area contributed by atoms with Gasteiger partial charge in [0.05, 0.1) is 14.2 Å². The second kappa shape index (κ2) is 63.3. The van der Waals surface area contributed by atoms with Crippen LogP contribution in [0.5, 0.6) is 0 Å². The second-order valence-corrected chi connectivity index (χ2v) is 26.3. The lowest BCUT2D eigenvalue weighted by atomic mass is 10.0. The number of hydrogen-bond acceptors (Lipinski definition) is 9. The predicted molar refractivity (Wildman–Crippen MR) is 342 cm³/mol. The molecule has 0 fully saturated rings. The summed E-state index contributed by atoms with van der Waals surface area (Å²) in [6, 6.07) is -1.82. The molecule has 78 heavy (non-hydrogen) atoms. The molecule has 2 atom stereocenters. The first-order valence-corrected chi connectivity index (χ1v) is 36.8. The van der Waals surface area contributed by atoms with E-state index in [0.717, 1.165) is 25.7 Å². The smallest absolute Gasteiger partial charge is 0.329 e. The van der Waals surface area contributed by atoms with Crippen molar-refractivity contribution in [3.63, 3.8) is 0 Å². The molecule has 0 aromatic heterocycles. The molecular weight excluding hydrogens is 1000 g/mol. The highest BCUT2D eigenvalue weighted by Crippen LogP contribution is 2.27. The van der Waals surface area contributed by atoms with Crippen LogP contribution in [0, 0.1) is 0 Å². The van der Waals surface area contributed by atoms with Gasteiger partial charge >= 0.3 is 11.9 Å². The number of rotatable bonds is 64. The van der Waals surface area contributed by atoms with E-state index in [-0.39, 0.29) is 36.2 Å². The minimum absolute atomic E-state index is 0.168. The lowest BCUT2D eigenvalue weighted by Crippen LogP contribution is -2.50. The van der Waals surface area contributed by atoms with Gasteiger partial charge in [0, 0.05) is 24.3 Å². The monoisotopic (exact) mass is 1140 g/mol. The number of ether oxygens (including phenoxy) is 2. The predicted octanol–water partition coefficient (Wildman–Crippen LogP) is 21.7. The van der Waals surface area contributed by atoms with Crippen molar-refractivity contribution in [2.75, 3.05) is 25.7 Å². The lowest BCUT2D eigenvalue weighted by Gasteiger charge is -2.28. The van der Waals surface area contributed by atoms with E-state index in [9.17, 15) is 19.2 Å². The maximum absolute atomic E-state index is 13.8. The summed E-state index contributed by atoms with van der Waals surface area (Å²) >= 11 is 0. The minimum Gasteiger partial charge on any atom is -0.468 e. The van der Waals surface area contributed by atoms with Crippen LogP contribution in [0.2, 0.25) is 0 Å². The van der Waals surface area contributed by atoms with Crippen LogP contribution in [-0.4, -0.2) is 66.5 Å². The van der Waals surface area contributed by atoms with Crippen LogP contribution >= 0.6 is 21.6 Å². The highest BCUT2D eigenvalue weighted by Gasteiger charge is 2.35. The van der Waals surface area contributed by atoms with Crippen LogP contribution in [0.15, 0.2) is 0 Å². The Morgan fingerprint density at radius 2 is 0.500 bits per heavy atom. The molecule has 8 nitrogen and oxygen atoms in total. The number of carbonyl (C=O) groups is 4. The molecule has 0 saturated heterocycles. The molecule has 0 aromatic carbocycles. The first-order chi connectivity index (χ1) is 38.3. The van der Waals surface area contributed by atoms with E-state index >= 15 is 0 Å². The van der Waals surface area contributed by atoms with Gasteiger partial charge in [0.1, 0.15) is 12.1 Å². The van der Waals surface area contributed by atoms with E-state index < -0.39 is 24.0 Å². The van der Waals surface area contributed by atoms with Crippen molar-refractivity contribution in [2.24, 2.45) is 5.73 Å². The van der Waals surface area contributed by atoms with E-state index in [2.05, 4.69) is 13.8 Å². The first kappa shape index (κ1) is 76.7. The molecule has 0 rings (SSSR count). The summed E-state index contributed by atoms with van der Waals surface area (Å²) in [5.41, 5.74) is 5.92. The molecule has 2 N–H and O–H groups in total. The Bertz CT molecular complexity index is 1220. The Labute approximate surface area is 493 Å². The van der Waals surface area contributed by atoms with Gasteiger partial charge in [-0.1, -0.05) is 369 Å². The van der Waals surface area contributed by atoms with Gasteiger partial charge < -0.3 is 15.2 Å². The van der Waals surface area contributed by atoms with Crippen LogP contribution < -0.4 is 5.73 Å². The third kappa shape index (κ3) is 52.8. The number of nitrogens with two attached hydrogens (primary N) is 1. The van der Waals surface area contributed by atoms with Crippen LogP contribution in [0.3, 0.4) is 0 Å². The van der Waals surface area contributed by atoms with E-state index in [1.165, 1.54) is 349 Å². The fourth-order valence-electron chi connectivity index (χ4n) is 11.1. The zero-order valence-corrected chi connectivity index (χ0v) is 54.1. The van der Waals surface area contributed by atoms with Gasteiger partial charge in [0.15, 0.2) is 0 Å². The average Bonchev–Trinajstić information content (AvgIpc) is 3.44. The summed E-state index contributed by atoms with van der Waals surface area (Å²) in [4.78, 5) is 53.8. The number of hydrogen-bond donors (Lipinski definition) is 1. The SMILES string of the molecule is CCCCCCCCCCCCCCCCCCCCCCCCCCCCCC(=O)N(C(=O)CCCCCCCCCCCCCCCCCCCCCCCCCCCCC)[C@@H](CSSCC(N)C(=O)OC)C(=O)OC. The third-order valence-electron chi connectivity index (χ3n) is 16.4. The molecule has 462 valence electrons. The molecule has 0 spiro atoms. The summed E-state index contributed by atoms with van der Waals surface area (Å²) in [5.74, 6) is -1.23. The standard InChI is InChI=1S/C68H132N2O6S2/c1-5-7-9-11-13-15-17-19-21-23-25-27-29-31-33-35-37-39-41-43-45-47-49-51-53-55-57-59-65(71)70(64(68(74)76-4)62-78-77-61-63(69)67(73)75-3)66(72)60-58-56-54-52-50-48-46-44-42-40-38-36-34-32-30-28-26-24-22-20-18-16-14-12-10-8-6-2/h63-64H,5-62,69H2,1-4H3/t63?,64-/m0/s1. The van der Waals surface area contributed by atoms with E-state index in [1.54, 1.807) is 0 Å². The van der Waals surface area contributed by atoms with E-state index in [0.29, 0.717) is 12.8 Å². The Hall–Kier alpha value is -1.26. The maximum atomic E-state index is 13.8. The molecule has 0 aliphatic heterocycles. The molecule has 0 radical (unpaired) electrons. The molecule has 0 aliphatic rings. The summed E-state index contributed by atoms with van der Waals surface area (Å²) in [6.07, 6.45) is 72.6.